The zero-order valence-electron chi connectivity index (χ0n) is 15.4. The number of carbonyl (C=O) groups is 2. The van der Waals surface area contributed by atoms with Crippen LogP contribution in [0.2, 0.25) is 0 Å². The number of carboxylic acids is 2. The molecule has 1 aromatic rings. The zero-order valence-corrected chi connectivity index (χ0v) is 15.4. The van der Waals surface area contributed by atoms with Crippen LogP contribution in [0.4, 0.5) is 4.39 Å². The first-order valence-electron chi connectivity index (χ1n) is 8.53. The van der Waals surface area contributed by atoms with E-state index in [0.29, 0.717) is 24.2 Å². The quantitative estimate of drug-likeness (QED) is 0.650. The maximum Gasteiger partial charge on any atom is 0.328 e. The molecule has 1 aliphatic rings. The summed E-state index contributed by atoms with van der Waals surface area (Å²) in [5.41, 5.74) is 1.13. The lowest BCUT2D eigenvalue weighted by molar-refractivity contribution is -0.134. The summed E-state index contributed by atoms with van der Waals surface area (Å²) in [7, 11) is 0. The molecule has 7 nitrogen and oxygen atoms in total. The van der Waals surface area contributed by atoms with Crippen molar-refractivity contribution >= 4 is 11.9 Å². The molecule has 0 aromatic heterocycles. The Bertz CT molecular complexity index is 706. The minimum atomic E-state index is -1.26. The molecule has 1 aromatic carbocycles. The minimum Gasteiger partial charge on any atom is -0.478 e. The molecule has 0 bridgehead atoms. The van der Waals surface area contributed by atoms with Gasteiger partial charge >= 0.3 is 11.9 Å². The number of rotatable bonds is 6. The van der Waals surface area contributed by atoms with Crippen molar-refractivity contribution in [3.8, 4) is 6.07 Å². The van der Waals surface area contributed by atoms with Crippen molar-refractivity contribution in [1.29, 1.82) is 5.26 Å². The van der Waals surface area contributed by atoms with E-state index in [1.165, 1.54) is 6.07 Å². The Labute approximate surface area is 157 Å². The first kappa shape index (κ1) is 22.3. The first-order valence-corrected chi connectivity index (χ1v) is 8.53. The second-order valence-electron chi connectivity index (χ2n) is 6.35. The van der Waals surface area contributed by atoms with Crippen LogP contribution in [-0.4, -0.2) is 52.2 Å². The summed E-state index contributed by atoms with van der Waals surface area (Å²) in [6, 6.07) is 7.68. The largest absolute Gasteiger partial charge is 0.478 e. The highest BCUT2D eigenvalue weighted by Gasteiger charge is 2.24. The van der Waals surface area contributed by atoms with Gasteiger partial charge in [0.15, 0.2) is 0 Å². The molecule has 0 radical (unpaired) electrons. The molecule has 2 rings (SSSR count). The van der Waals surface area contributed by atoms with Crippen molar-refractivity contribution in [3.05, 3.63) is 47.3 Å². The lowest BCUT2D eigenvalue weighted by Gasteiger charge is -2.32. The molecule has 146 valence electrons. The third kappa shape index (κ3) is 7.98. The van der Waals surface area contributed by atoms with Crippen molar-refractivity contribution in [2.75, 3.05) is 13.1 Å². The van der Waals surface area contributed by atoms with Crippen LogP contribution < -0.4 is 5.32 Å². The number of hydrogen-bond acceptors (Lipinski definition) is 5. The number of halogens is 1. The number of aliphatic carboxylic acids is 2. The number of hydrogen-bond donors (Lipinski definition) is 3. The molecule has 1 saturated heterocycles. The monoisotopic (exact) mass is 377 g/mol. The van der Waals surface area contributed by atoms with Gasteiger partial charge in [-0.2, -0.15) is 5.26 Å². The maximum absolute atomic E-state index is 13.3. The van der Waals surface area contributed by atoms with Crippen molar-refractivity contribution in [2.45, 2.75) is 38.9 Å². The molecule has 0 aliphatic carbocycles. The van der Waals surface area contributed by atoms with Crippen LogP contribution in [0.15, 0.2) is 30.4 Å². The van der Waals surface area contributed by atoms with E-state index in [1.807, 2.05) is 6.07 Å². The molecule has 0 amide bonds. The normalized spacial score (nSPS) is 16.2. The fourth-order valence-corrected chi connectivity index (χ4v) is 2.77. The number of benzene rings is 1. The van der Waals surface area contributed by atoms with Gasteiger partial charge in [-0.1, -0.05) is 6.07 Å². The summed E-state index contributed by atoms with van der Waals surface area (Å²) in [4.78, 5) is 21.5. The summed E-state index contributed by atoms with van der Waals surface area (Å²) in [6.45, 7) is 7.17. The second kappa shape index (κ2) is 11.1. The molecule has 1 fully saturated rings. The van der Waals surface area contributed by atoms with Gasteiger partial charge in [0.2, 0.25) is 0 Å². The van der Waals surface area contributed by atoms with Crippen LogP contribution in [0.25, 0.3) is 0 Å². The smallest absolute Gasteiger partial charge is 0.328 e. The van der Waals surface area contributed by atoms with Gasteiger partial charge in [0.25, 0.3) is 0 Å². The number of nitrogens with zero attached hydrogens (tertiary/aromatic N) is 2. The van der Waals surface area contributed by atoms with E-state index in [0.717, 1.165) is 31.6 Å². The van der Waals surface area contributed by atoms with Crippen LogP contribution in [0.5, 0.6) is 0 Å². The van der Waals surface area contributed by atoms with E-state index < -0.39 is 17.8 Å². The Morgan fingerprint density at radius 1 is 1.37 bits per heavy atom. The van der Waals surface area contributed by atoms with Gasteiger partial charge in [-0.3, -0.25) is 4.90 Å². The topological polar surface area (TPSA) is 114 Å². The fraction of sp³-hybridized carbons (Fsp3) is 0.421. The standard InChI is InChI=1S/C15H20FN3.C4H4O4/c1-11(2)19(14-5-6-18-9-14)10-12-3-4-15(16)13(7-12)8-17;5-3(6)1-2-4(7)8/h3-4,7,11,14,18H,5-6,9-10H2,1-2H3;1-2H,(H,5,6)(H,7,8)/b;2-1+/t14-;/m0./s1. The molecular formula is C19H24FN3O4. The lowest BCUT2D eigenvalue weighted by atomic mass is 10.1. The van der Waals surface area contributed by atoms with E-state index in [9.17, 15) is 14.0 Å². The van der Waals surface area contributed by atoms with E-state index in [-0.39, 0.29) is 5.56 Å². The van der Waals surface area contributed by atoms with Crippen LogP contribution >= 0.6 is 0 Å². The molecule has 1 atom stereocenters. The van der Waals surface area contributed by atoms with Crippen molar-refractivity contribution in [3.63, 3.8) is 0 Å². The van der Waals surface area contributed by atoms with E-state index in [2.05, 4.69) is 24.1 Å². The third-order valence-electron chi connectivity index (χ3n) is 4.05. The van der Waals surface area contributed by atoms with Crippen LogP contribution in [0.3, 0.4) is 0 Å². The summed E-state index contributed by atoms with van der Waals surface area (Å²) in [5, 5.41) is 27.9. The predicted octanol–water partition coefficient (Wildman–Crippen LogP) is 1.98. The highest BCUT2D eigenvalue weighted by Crippen LogP contribution is 2.18. The van der Waals surface area contributed by atoms with Crippen LogP contribution in [0, 0.1) is 17.1 Å². The van der Waals surface area contributed by atoms with Gasteiger partial charge in [0, 0.05) is 37.3 Å². The summed E-state index contributed by atoms with van der Waals surface area (Å²) < 4.78 is 13.3. The summed E-state index contributed by atoms with van der Waals surface area (Å²) >= 11 is 0. The van der Waals surface area contributed by atoms with Crippen LogP contribution in [0.1, 0.15) is 31.4 Å². The molecule has 3 N–H and O–H groups in total. The van der Waals surface area contributed by atoms with Gasteiger partial charge < -0.3 is 15.5 Å². The predicted molar refractivity (Wildman–Crippen MR) is 97.5 cm³/mol. The Morgan fingerprint density at radius 3 is 2.44 bits per heavy atom. The maximum atomic E-state index is 13.3. The lowest BCUT2D eigenvalue weighted by Crippen LogP contribution is -2.41. The van der Waals surface area contributed by atoms with Gasteiger partial charge in [0.1, 0.15) is 11.9 Å². The van der Waals surface area contributed by atoms with Crippen molar-refractivity contribution in [2.24, 2.45) is 0 Å². The Balaban J connectivity index is 0.000000387. The van der Waals surface area contributed by atoms with Crippen LogP contribution in [-0.2, 0) is 16.1 Å². The molecule has 0 saturated carbocycles. The SMILES string of the molecule is CC(C)N(Cc1ccc(F)c(C#N)c1)[C@H]1CCNC1.O=C(O)/C=C/C(=O)O. The minimum absolute atomic E-state index is 0.130. The third-order valence-corrected chi connectivity index (χ3v) is 4.05. The number of nitriles is 1. The van der Waals surface area contributed by atoms with Gasteiger partial charge in [0.05, 0.1) is 5.56 Å². The summed E-state index contributed by atoms with van der Waals surface area (Å²) in [5.74, 6) is -2.95. The fourth-order valence-electron chi connectivity index (χ4n) is 2.77. The van der Waals surface area contributed by atoms with Crippen molar-refractivity contribution in [1.82, 2.24) is 10.2 Å². The average molecular weight is 377 g/mol. The second-order valence-corrected chi connectivity index (χ2v) is 6.35. The molecule has 1 heterocycles. The summed E-state index contributed by atoms with van der Waals surface area (Å²) in [6.07, 6.45) is 2.26. The highest BCUT2D eigenvalue weighted by atomic mass is 19.1. The van der Waals surface area contributed by atoms with Gasteiger partial charge in [-0.15, -0.1) is 0 Å². The molecule has 0 unspecified atom stereocenters. The molecule has 27 heavy (non-hydrogen) atoms. The first-order chi connectivity index (χ1) is 12.7. The number of nitrogens with one attached hydrogen (secondary N) is 1. The zero-order chi connectivity index (χ0) is 20.4. The molecule has 0 spiro atoms. The van der Waals surface area contributed by atoms with E-state index in [4.69, 9.17) is 15.5 Å². The number of carboxylic acid groups (broad SMARTS) is 2. The Kier molecular flexibility index (Phi) is 9.13. The average Bonchev–Trinajstić information content (AvgIpc) is 3.13. The highest BCUT2D eigenvalue weighted by molar-refractivity contribution is 5.89. The van der Waals surface area contributed by atoms with Gasteiger partial charge in [-0.25, -0.2) is 14.0 Å². The van der Waals surface area contributed by atoms with Gasteiger partial charge in [-0.05, 0) is 44.5 Å². The Morgan fingerprint density at radius 2 is 2.00 bits per heavy atom. The molecular weight excluding hydrogens is 353 g/mol. The molecule has 1 aliphatic heterocycles. The Hall–Kier alpha value is -2.76. The molecule has 8 heteroatoms. The van der Waals surface area contributed by atoms with Crippen molar-refractivity contribution < 1.29 is 24.2 Å². The van der Waals surface area contributed by atoms with E-state index >= 15 is 0 Å². The van der Waals surface area contributed by atoms with E-state index in [1.54, 1.807) is 12.1 Å².